The molecule has 4 nitrogen and oxygen atoms in total. The summed E-state index contributed by atoms with van der Waals surface area (Å²) in [5.41, 5.74) is 1.58. The molecular weight excluding hydrogens is 357 g/mol. The number of carbonyl (C=O) groups is 1. The van der Waals surface area contributed by atoms with E-state index in [1.54, 1.807) is 17.8 Å². The Kier molecular flexibility index (Phi) is 6.14. The van der Waals surface area contributed by atoms with Crippen molar-refractivity contribution in [3.05, 3.63) is 71.5 Å². The van der Waals surface area contributed by atoms with Crippen LogP contribution in [0.4, 0.5) is 9.52 Å². The summed E-state index contributed by atoms with van der Waals surface area (Å²) in [5.74, 6) is 0.0947. The maximum absolute atomic E-state index is 13.2. The smallest absolute Gasteiger partial charge is 0.257 e. The summed E-state index contributed by atoms with van der Waals surface area (Å²) in [4.78, 5) is 12.0. The highest BCUT2D eigenvalue weighted by molar-refractivity contribution is 8.01. The quantitative estimate of drug-likeness (QED) is 0.372. The molecule has 7 heteroatoms. The third kappa shape index (κ3) is 5.37. The van der Waals surface area contributed by atoms with Gasteiger partial charge in [-0.05, 0) is 36.6 Å². The first-order chi connectivity index (χ1) is 12.2. The first-order valence-corrected chi connectivity index (χ1v) is 9.58. The molecule has 0 aliphatic rings. The van der Waals surface area contributed by atoms with Gasteiger partial charge in [-0.15, -0.1) is 10.2 Å². The third-order valence-electron chi connectivity index (χ3n) is 3.39. The average molecular weight is 373 g/mol. The lowest BCUT2D eigenvalue weighted by Crippen LogP contribution is -2.11. The molecule has 0 aliphatic heterocycles. The number of aryl methyl sites for hydroxylation is 1. The van der Waals surface area contributed by atoms with Gasteiger partial charge in [0.15, 0.2) is 4.34 Å². The Morgan fingerprint density at radius 1 is 1.12 bits per heavy atom. The van der Waals surface area contributed by atoms with Gasteiger partial charge in [-0.25, -0.2) is 4.39 Å². The maximum atomic E-state index is 13.2. The topological polar surface area (TPSA) is 54.9 Å². The SMILES string of the molecule is O=C(Nc1nnc(SCCCc2ccccc2)s1)c1cccc(F)c1. The average Bonchev–Trinajstić information content (AvgIpc) is 3.07. The van der Waals surface area contributed by atoms with Crippen LogP contribution in [0.2, 0.25) is 0 Å². The van der Waals surface area contributed by atoms with Crippen LogP contribution in [0.5, 0.6) is 0 Å². The highest BCUT2D eigenvalue weighted by Gasteiger charge is 2.11. The highest BCUT2D eigenvalue weighted by Crippen LogP contribution is 2.26. The Morgan fingerprint density at radius 3 is 2.76 bits per heavy atom. The second-order valence-electron chi connectivity index (χ2n) is 5.28. The fourth-order valence-electron chi connectivity index (χ4n) is 2.20. The molecule has 2 aromatic carbocycles. The maximum Gasteiger partial charge on any atom is 0.257 e. The van der Waals surface area contributed by atoms with Crippen molar-refractivity contribution >= 4 is 34.1 Å². The van der Waals surface area contributed by atoms with Crippen LogP contribution in [-0.2, 0) is 6.42 Å². The van der Waals surface area contributed by atoms with Crippen LogP contribution in [0.15, 0.2) is 58.9 Å². The predicted octanol–water partition coefficient (Wildman–Crippen LogP) is 4.65. The Hall–Kier alpha value is -2.25. The van der Waals surface area contributed by atoms with Crippen LogP contribution >= 0.6 is 23.1 Å². The van der Waals surface area contributed by atoms with E-state index in [1.807, 2.05) is 18.2 Å². The van der Waals surface area contributed by atoms with Gasteiger partial charge >= 0.3 is 0 Å². The molecule has 0 atom stereocenters. The number of amides is 1. The number of carbonyl (C=O) groups excluding carboxylic acids is 1. The Morgan fingerprint density at radius 2 is 1.96 bits per heavy atom. The first-order valence-electron chi connectivity index (χ1n) is 7.78. The molecule has 0 spiro atoms. The molecule has 1 amide bonds. The van der Waals surface area contributed by atoms with Crippen LogP contribution in [0.25, 0.3) is 0 Å². The second kappa shape index (κ2) is 8.73. The van der Waals surface area contributed by atoms with Crippen LogP contribution < -0.4 is 5.32 Å². The van der Waals surface area contributed by atoms with Gasteiger partial charge in [-0.2, -0.15) is 0 Å². The van der Waals surface area contributed by atoms with Crippen LogP contribution in [0, 0.1) is 5.82 Å². The van der Waals surface area contributed by atoms with E-state index in [0.29, 0.717) is 5.13 Å². The number of anilines is 1. The van der Waals surface area contributed by atoms with Crippen LogP contribution in [0.3, 0.4) is 0 Å². The molecule has 1 aromatic heterocycles. The Balaban J connectivity index is 1.46. The molecule has 3 rings (SSSR count). The van der Waals surface area contributed by atoms with Crippen molar-refractivity contribution in [2.24, 2.45) is 0 Å². The van der Waals surface area contributed by atoms with E-state index in [2.05, 4.69) is 27.6 Å². The highest BCUT2D eigenvalue weighted by atomic mass is 32.2. The molecule has 0 saturated heterocycles. The largest absolute Gasteiger partial charge is 0.296 e. The normalized spacial score (nSPS) is 10.6. The van der Waals surface area contributed by atoms with E-state index < -0.39 is 11.7 Å². The summed E-state index contributed by atoms with van der Waals surface area (Å²) in [6.07, 6.45) is 2.06. The second-order valence-corrected chi connectivity index (χ2v) is 7.59. The zero-order valence-corrected chi connectivity index (χ0v) is 14.9. The van der Waals surface area contributed by atoms with Crippen LogP contribution in [0.1, 0.15) is 22.3 Å². The number of hydrogen-bond acceptors (Lipinski definition) is 5. The van der Waals surface area contributed by atoms with Crippen molar-refractivity contribution in [2.75, 3.05) is 11.1 Å². The molecule has 1 heterocycles. The number of nitrogens with zero attached hydrogens (tertiary/aromatic N) is 2. The van der Waals surface area contributed by atoms with Crippen molar-refractivity contribution < 1.29 is 9.18 Å². The number of hydrogen-bond donors (Lipinski definition) is 1. The van der Waals surface area contributed by atoms with Gasteiger partial charge in [-0.3, -0.25) is 10.1 Å². The van der Waals surface area contributed by atoms with Gasteiger partial charge < -0.3 is 0 Å². The van der Waals surface area contributed by atoms with Gasteiger partial charge in [-0.1, -0.05) is 59.5 Å². The van der Waals surface area contributed by atoms with Crippen molar-refractivity contribution in [3.8, 4) is 0 Å². The molecule has 0 radical (unpaired) electrons. The minimum absolute atomic E-state index is 0.257. The number of thioether (sulfide) groups is 1. The molecule has 128 valence electrons. The van der Waals surface area contributed by atoms with Gasteiger partial charge in [0.2, 0.25) is 5.13 Å². The van der Waals surface area contributed by atoms with E-state index >= 15 is 0 Å². The predicted molar refractivity (Wildman–Crippen MR) is 99.7 cm³/mol. The lowest BCUT2D eigenvalue weighted by molar-refractivity contribution is 0.102. The van der Waals surface area contributed by atoms with E-state index in [-0.39, 0.29) is 5.56 Å². The zero-order chi connectivity index (χ0) is 17.5. The molecule has 25 heavy (non-hydrogen) atoms. The van der Waals surface area contributed by atoms with Gasteiger partial charge in [0, 0.05) is 11.3 Å². The number of aromatic nitrogens is 2. The Labute approximate surface area is 153 Å². The van der Waals surface area contributed by atoms with E-state index in [1.165, 1.54) is 35.1 Å². The van der Waals surface area contributed by atoms with Crippen molar-refractivity contribution in [1.29, 1.82) is 0 Å². The first kappa shape index (κ1) is 17.6. The van der Waals surface area contributed by atoms with Crippen LogP contribution in [-0.4, -0.2) is 21.9 Å². The van der Waals surface area contributed by atoms with E-state index in [0.717, 1.165) is 22.9 Å². The fraction of sp³-hybridized carbons (Fsp3) is 0.167. The minimum Gasteiger partial charge on any atom is -0.296 e. The van der Waals surface area contributed by atoms with Crippen molar-refractivity contribution in [3.63, 3.8) is 0 Å². The molecular formula is C18H16FN3OS2. The third-order valence-corrected chi connectivity index (χ3v) is 5.45. The summed E-state index contributed by atoms with van der Waals surface area (Å²) in [7, 11) is 0. The zero-order valence-electron chi connectivity index (χ0n) is 13.3. The van der Waals surface area contributed by atoms with Gasteiger partial charge in [0.25, 0.3) is 5.91 Å². The molecule has 0 bridgehead atoms. The fourth-order valence-corrected chi connectivity index (χ4v) is 3.95. The summed E-state index contributed by atoms with van der Waals surface area (Å²) in [6.45, 7) is 0. The summed E-state index contributed by atoms with van der Waals surface area (Å²) >= 11 is 2.94. The summed E-state index contributed by atoms with van der Waals surface area (Å²) in [6, 6.07) is 15.9. The Bertz CT molecular complexity index is 839. The molecule has 0 fully saturated rings. The summed E-state index contributed by atoms with van der Waals surface area (Å²) < 4.78 is 14.0. The van der Waals surface area contributed by atoms with Crippen molar-refractivity contribution in [2.45, 2.75) is 17.2 Å². The number of rotatable bonds is 7. The lowest BCUT2D eigenvalue weighted by Gasteiger charge is -2.00. The number of nitrogens with one attached hydrogen (secondary N) is 1. The minimum atomic E-state index is -0.445. The molecule has 1 N–H and O–H groups in total. The molecule has 3 aromatic rings. The summed E-state index contributed by atoms with van der Waals surface area (Å²) in [5, 5.41) is 11.1. The van der Waals surface area contributed by atoms with Gasteiger partial charge in [0.1, 0.15) is 5.82 Å². The lowest BCUT2D eigenvalue weighted by atomic mass is 10.1. The number of benzene rings is 2. The monoisotopic (exact) mass is 373 g/mol. The molecule has 0 unspecified atom stereocenters. The number of halogens is 1. The van der Waals surface area contributed by atoms with Crippen molar-refractivity contribution in [1.82, 2.24) is 10.2 Å². The van der Waals surface area contributed by atoms with E-state index in [4.69, 9.17) is 0 Å². The molecule has 0 aliphatic carbocycles. The standard InChI is InChI=1S/C18H16FN3OS2/c19-15-10-4-9-14(12-15)16(23)20-17-21-22-18(25-17)24-11-5-8-13-6-2-1-3-7-13/h1-4,6-7,9-10,12H,5,8,11H2,(H,20,21,23). The molecule has 0 saturated carbocycles. The van der Waals surface area contributed by atoms with Gasteiger partial charge in [0.05, 0.1) is 0 Å². The van der Waals surface area contributed by atoms with E-state index in [9.17, 15) is 9.18 Å².